The average molecular weight is 390 g/mol. The molecule has 7 nitrogen and oxygen atoms in total. The van der Waals surface area contributed by atoms with Crippen molar-refractivity contribution in [2.24, 2.45) is 4.99 Å². The number of likely N-dealkylation sites (tertiary alicyclic amines) is 1. The molecular weight excluding hydrogens is 354 g/mol. The summed E-state index contributed by atoms with van der Waals surface area (Å²) in [5, 5.41) is 9.39. The van der Waals surface area contributed by atoms with E-state index in [1.807, 2.05) is 24.3 Å². The Morgan fingerprint density at radius 1 is 1.36 bits per heavy atom. The number of guanidine groups is 1. The summed E-state index contributed by atoms with van der Waals surface area (Å²) in [6, 6.07) is 8.24. The molecule has 1 fully saturated rings. The van der Waals surface area contributed by atoms with Crippen LogP contribution in [0.2, 0.25) is 0 Å². The lowest BCUT2D eigenvalue weighted by atomic mass is 10.1. The van der Waals surface area contributed by atoms with Gasteiger partial charge in [-0.2, -0.15) is 0 Å². The molecule has 1 heterocycles. The van der Waals surface area contributed by atoms with Gasteiger partial charge in [-0.15, -0.1) is 0 Å². The maximum atomic E-state index is 11.8. The van der Waals surface area contributed by atoms with Crippen molar-refractivity contribution in [2.75, 3.05) is 53.5 Å². The van der Waals surface area contributed by atoms with E-state index in [0.29, 0.717) is 11.6 Å². The number of benzene rings is 1. The molecular formula is C21H35N5O2. The Hall–Kier alpha value is -2.12. The summed E-state index contributed by atoms with van der Waals surface area (Å²) in [7, 11) is 3.40. The normalized spacial score (nSPS) is 17.5. The molecule has 2 rings (SSSR count). The molecule has 28 heavy (non-hydrogen) atoms. The quantitative estimate of drug-likeness (QED) is 0.415. The van der Waals surface area contributed by atoms with Gasteiger partial charge in [0, 0.05) is 45.4 Å². The highest BCUT2D eigenvalue weighted by Crippen LogP contribution is 2.16. The van der Waals surface area contributed by atoms with Crippen LogP contribution < -0.4 is 16.0 Å². The summed E-state index contributed by atoms with van der Waals surface area (Å²) in [5.41, 5.74) is 1.82. The lowest BCUT2D eigenvalue weighted by Gasteiger charge is -2.23. The maximum Gasteiger partial charge on any atom is 0.251 e. The van der Waals surface area contributed by atoms with Crippen LogP contribution in [0, 0.1) is 0 Å². The Morgan fingerprint density at radius 3 is 2.96 bits per heavy atom. The van der Waals surface area contributed by atoms with E-state index in [2.05, 4.69) is 27.8 Å². The Kier molecular flexibility index (Phi) is 9.79. The third kappa shape index (κ3) is 7.13. The molecule has 1 aromatic carbocycles. The standard InChI is InChI=1S/C21H35N5O2/c1-4-23-21(25-16-19-9-6-12-26(19)13-14-28-3)24-11-10-17-7-5-8-18(15-17)20(27)22-2/h5,7-8,15,19H,4,6,9-14,16H2,1-3H3,(H,22,27)(H2,23,24,25). The first kappa shape index (κ1) is 22.2. The molecule has 0 aromatic heterocycles. The molecule has 1 aromatic rings. The topological polar surface area (TPSA) is 78.0 Å². The minimum absolute atomic E-state index is 0.0562. The number of nitrogens with one attached hydrogen (secondary N) is 3. The van der Waals surface area contributed by atoms with Gasteiger partial charge in [-0.25, -0.2) is 0 Å². The van der Waals surface area contributed by atoms with Crippen molar-refractivity contribution in [1.29, 1.82) is 0 Å². The van der Waals surface area contributed by atoms with Gasteiger partial charge in [0.1, 0.15) is 0 Å². The minimum atomic E-state index is -0.0562. The van der Waals surface area contributed by atoms with Crippen molar-refractivity contribution >= 4 is 11.9 Å². The first-order valence-corrected chi connectivity index (χ1v) is 10.2. The molecule has 7 heteroatoms. The van der Waals surface area contributed by atoms with Crippen molar-refractivity contribution in [3.8, 4) is 0 Å². The summed E-state index contributed by atoms with van der Waals surface area (Å²) < 4.78 is 5.21. The van der Waals surface area contributed by atoms with Crippen molar-refractivity contribution in [1.82, 2.24) is 20.9 Å². The number of aliphatic imine (C=N–C) groups is 1. The SMILES string of the molecule is CCNC(=NCC1CCCN1CCOC)NCCc1cccc(C(=O)NC)c1. The molecule has 1 aliphatic rings. The lowest BCUT2D eigenvalue weighted by Crippen LogP contribution is -2.40. The van der Waals surface area contributed by atoms with E-state index in [0.717, 1.165) is 57.3 Å². The van der Waals surface area contributed by atoms with Crippen LogP contribution in [0.1, 0.15) is 35.7 Å². The van der Waals surface area contributed by atoms with Crippen molar-refractivity contribution in [3.05, 3.63) is 35.4 Å². The van der Waals surface area contributed by atoms with Gasteiger partial charge in [0.15, 0.2) is 5.96 Å². The second kappa shape index (κ2) is 12.4. The van der Waals surface area contributed by atoms with Gasteiger partial charge in [0.05, 0.1) is 13.2 Å². The van der Waals surface area contributed by atoms with E-state index in [-0.39, 0.29) is 5.91 Å². The van der Waals surface area contributed by atoms with Gasteiger partial charge in [-0.3, -0.25) is 14.7 Å². The third-order valence-corrected chi connectivity index (χ3v) is 5.01. The Morgan fingerprint density at radius 2 is 2.21 bits per heavy atom. The van der Waals surface area contributed by atoms with Crippen LogP contribution in [0.15, 0.2) is 29.3 Å². The zero-order valence-corrected chi connectivity index (χ0v) is 17.5. The predicted molar refractivity (Wildman–Crippen MR) is 114 cm³/mol. The molecule has 1 saturated heterocycles. The maximum absolute atomic E-state index is 11.8. The number of hydrogen-bond acceptors (Lipinski definition) is 4. The average Bonchev–Trinajstić information content (AvgIpc) is 3.17. The van der Waals surface area contributed by atoms with Gasteiger partial charge >= 0.3 is 0 Å². The fraction of sp³-hybridized carbons (Fsp3) is 0.619. The van der Waals surface area contributed by atoms with Crippen molar-refractivity contribution in [3.63, 3.8) is 0 Å². The summed E-state index contributed by atoms with van der Waals surface area (Å²) >= 11 is 0. The Labute approximate surface area is 168 Å². The van der Waals surface area contributed by atoms with Crippen LogP contribution in [-0.4, -0.2) is 76.3 Å². The van der Waals surface area contributed by atoms with Gasteiger partial charge in [-0.1, -0.05) is 12.1 Å². The Bertz CT molecular complexity index is 635. The zero-order valence-electron chi connectivity index (χ0n) is 17.5. The fourth-order valence-corrected chi connectivity index (χ4v) is 3.48. The third-order valence-electron chi connectivity index (χ3n) is 5.01. The molecule has 3 N–H and O–H groups in total. The van der Waals surface area contributed by atoms with E-state index in [1.165, 1.54) is 12.8 Å². The van der Waals surface area contributed by atoms with E-state index < -0.39 is 0 Å². The van der Waals surface area contributed by atoms with E-state index in [1.54, 1.807) is 14.2 Å². The second-order valence-electron chi connectivity index (χ2n) is 7.00. The van der Waals surface area contributed by atoms with Crippen LogP contribution in [0.3, 0.4) is 0 Å². The van der Waals surface area contributed by atoms with Crippen LogP contribution in [0.4, 0.5) is 0 Å². The smallest absolute Gasteiger partial charge is 0.251 e. The van der Waals surface area contributed by atoms with Gasteiger partial charge in [-0.05, 0) is 50.4 Å². The van der Waals surface area contributed by atoms with Crippen molar-refractivity contribution in [2.45, 2.75) is 32.2 Å². The molecule has 156 valence electrons. The Balaban J connectivity index is 1.85. The van der Waals surface area contributed by atoms with Crippen LogP contribution in [-0.2, 0) is 11.2 Å². The molecule has 1 unspecified atom stereocenters. The van der Waals surface area contributed by atoms with E-state index in [4.69, 9.17) is 9.73 Å². The number of nitrogens with zero attached hydrogens (tertiary/aromatic N) is 2. The lowest BCUT2D eigenvalue weighted by molar-refractivity contribution is 0.0963. The molecule has 0 aliphatic carbocycles. The van der Waals surface area contributed by atoms with Gasteiger partial charge in [0.25, 0.3) is 5.91 Å². The first-order chi connectivity index (χ1) is 13.7. The van der Waals surface area contributed by atoms with Crippen molar-refractivity contribution < 1.29 is 9.53 Å². The zero-order chi connectivity index (χ0) is 20.2. The number of ether oxygens (including phenoxy) is 1. The monoisotopic (exact) mass is 389 g/mol. The molecule has 0 radical (unpaired) electrons. The number of carbonyl (C=O) groups excluding carboxylic acids is 1. The molecule has 0 saturated carbocycles. The minimum Gasteiger partial charge on any atom is -0.383 e. The second-order valence-corrected chi connectivity index (χ2v) is 7.00. The molecule has 1 atom stereocenters. The summed E-state index contributed by atoms with van der Waals surface area (Å²) in [5.74, 6) is 0.794. The van der Waals surface area contributed by atoms with E-state index >= 15 is 0 Å². The summed E-state index contributed by atoms with van der Waals surface area (Å²) in [6.45, 7) is 7.35. The first-order valence-electron chi connectivity index (χ1n) is 10.2. The molecule has 0 spiro atoms. The van der Waals surface area contributed by atoms with Gasteiger partial charge in [0.2, 0.25) is 0 Å². The largest absolute Gasteiger partial charge is 0.383 e. The summed E-state index contributed by atoms with van der Waals surface area (Å²) in [6.07, 6.45) is 3.26. The highest BCUT2D eigenvalue weighted by Gasteiger charge is 2.23. The number of hydrogen-bond donors (Lipinski definition) is 3. The van der Waals surface area contributed by atoms with E-state index in [9.17, 15) is 4.79 Å². The van der Waals surface area contributed by atoms with Gasteiger partial charge < -0.3 is 20.7 Å². The number of methoxy groups -OCH3 is 1. The van der Waals surface area contributed by atoms with Crippen LogP contribution >= 0.6 is 0 Å². The predicted octanol–water partition coefficient (Wildman–Crippen LogP) is 1.25. The number of rotatable bonds is 10. The molecule has 1 amide bonds. The number of carbonyl (C=O) groups is 1. The highest BCUT2D eigenvalue weighted by atomic mass is 16.5. The van der Waals surface area contributed by atoms with Crippen LogP contribution in [0.25, 0.3) is 0 Å². The number of amides is 1. The summed E-state index contributed by atoms with van der Waals surface area (Å²) in [4.78, 5) is 19.0. The molecule has 0 bridgehead atoms. The fourth-order valence-electron chi connectivity index (χ4n) is 3.48. The van der Waals surface area contributed by atoms with Crippen LogP contribution in [0.5, 0.6) is 0 Å². The highest BCUT2D eigenvalue weighted by molar-refractivity contribution is 5.94. The molecule has 1 aliphatic heterocycles.